The van der Waals surface area contributed by atoms with Gasteiger partial charge in [-0.25, -0.2) is 9.69 Å². The van der Waals surface area contributed by atoms with Crippen LogP contribution < -0.4 is 10.4 Å². The van der Waals surface area contributed by atoms with Crippen LogP contribution in [0, 0.1) is 13.1 Å². The maximum Gasteiger partial charge on any atom is 0.187 e. The molecule has 0 aliphatic carbocycles. The highest BCUT2D eigenvalue weighted by Gasteiger charge is 2.33. The second kappa shape index (κ2) is 6.39. The van der Waals surface area contributed by atoms with Crippen molar-refractivity contribution in [2.45, 2.75) is 25.9 Å². The van der Waals surface area contributed by atoms with Crippen molar-refractivity contribution in [1.29, 1.82) is 0 Å². The summed E-state index contributed by atoms with van der Waals surface area (Å²) in [6, 6.07) is 18.4. The van der Waals surface area contributed by atoms with E-state index in [2.05, 4.69) is 47.8 Å². The van der Waals surface area contributed by atoms with Gasteiger partial charge in [-0.3, -0.25) is 0 Å². The Bertz CT molecular complexity index is 624. The third kappa shape index (κ3) is 2.74. The predicted octanol–water partition coefficient (Wildman–Crippen LogP) is 4.39. The van der Waals surface area contributed by atoms with Gasteiger partial charge in [0.15, 0.2) is 11.4 Å². The smallest absolute Gasteiger partial charge is 0.187 e. The molecule has 0 aliphatic heterocycles. The maximum atomic E-state index is 7.08. The number of hydrogen-bond acceptors (Lipinski definition) is 0. The van der Waals surface area contributed by atoms with Crippen LogP contribution in [0.2, 0.25) is 12.1 Å². The van der Waals surface area contributed by atoms with E-state index < -0.39 is 8.07 Å². The van der Waals surface area contributed by atoms with E-state index in [1.165, 1.54) is 10.4 Å². The highest BCUT2D eigenvalue weighted by Crippen LogP contribution is 2.20. The van der Waals surface area contributed by atoms with E-state index in [-0.39, 0.29) is 0 Å². The van der Waals surface area contributed by atoms with E-state index >= 15 is 0 Å². The van der Waals surface area contributed by atoms with E-state index in [0.717, 1.165) is 12.1 Å². The summed E-state index contributed by atoms with van der Waals surface area (Å²) in [6.07, 6.45) is 0. The molecule has 0 aromatic heterocycles. The van der Waals surface area contributed by atoms with Crippen LogP contribution in [0.1, 0.15) is 13.8 Å². The van der Waals surface area contributed by atoms with Crippen LogP contribution in [0.3, 0.4) is 0 Å². The summed E-state index contributed by atoms with van der Waals surface area (Å²) in [5.41, 5.74) is 1.38. The van der Waals surface area contributed by atoms with Gasteiger partial charge >= 0.3 is 0 Å². The third-order valence-electron chi connectivity index (χ3n) is 4.31. The average Bonchev–Trinajstić information content (AvgIpc) is 2.57. The molecule has 104 valence electrons. The average molecular weight is 290 g/mol. The van der Waals surface area contributed by atoms with E-state index in [0.29, 0.717) is 11.4 Å². The molecular weight excluding hydrogens is 272 g/mol. The molecule has 0 amide bonds. The van der Waals surface area contributed by atoms with Gasteiger partial charge in [-0.1, -0.05) is 84.8 Å². The second-order valence-electron chi connectivity index (χ2n) is 5.11. The summed E-state index contributed by atoms with van der Waals surface area (Å²) < 4.78 is 0. The molecule has 3 heteroatoms. The van der Waals surface area contributed by atoms with Gasteiger partial charge in [0.1, 0.15) is 8.07 Å². The van der Waals surface area contributed by atoms with Gasteiger partial charge in [-0.15, -0.1) is 0 Å². The Morgan fingerprint density at radius 1 is 0.714 bits per heavy atom. The van der Waals surface area contributed by atoms with Crippen LogP contribution in [0.5, 0.6) is 0 Å². The zero-order valence-corrected chi connectivity index (χ0v) is 13.4. The minimum atomic E-state index is -1.77. The van der Waals surface area contributed by atoms with Crippen LogP contribution in [0.4, 0.5) is 11.4 Å². The fourth-order valence-corrected chi connectivity index (χ4v) is 7.02. The van der Waals surface area contributed by atoms with E-state index in [9.17, 15) is 0 Å². The zero-order chi connectivity index (χ0) is 15.3. The van der Waals surface area contributed by atoms with Gasteiger partial charge in [-0.2, -0.15) is 0 Å². The lowest BCUT2D eigenvalue weighted by Gasteiger charge is -2.31. The molecule has 2 aromatic carbocycles. The first-order chi connectivity index (χ1) is 10.2. The molecule has 0 N–H and O–H groups in total. The monoisotopic (exact) mass is 290 g/mol. The first-order valence-corrected chi connectivity index (χ1v) is 9.57. The van der Waals surface area contributed by atoms with Crippen LogP contribution in [-0.2, 0) is 0 Å². The van der Waals surface area contributed by atoms with Crippen LogP contribution in [-0.4, -0.2) is 8.07 Å². The van der Waals surface area contributed by atoms with Gasteiger partial charge < -0.3 is 0 Å². The van der Waals surface area contributed by atoms with Crippen LogP contribution in [0.15, 0.2) is 48.5 Å². The fraction of sp³-hybridized carbons (Fsp3) is 0.222. The third-order valence-corrected chi connectivity index (χ3v) is 9.60. The minimum absolute atomic E-state index is 0.692. The summed E-state index contributed by atoms with van der Waals surface area (Å²) >= 11 is 0. The van der Waals surface area contributed by atoms with Gasteiger partial charge in [0.05, 0.1) is 13.1 Å². The van der Waals surface area contributed by atoms with Crippen molar-refractivity contribution in [1.82, 2.24) is 0 Å². The molecule has 0 heterocycles. The lowest BCUT2D eigenvalue weighted by molar-refractivity contribution is 1.29. The molecule has 0 unspecified atom stereocenters. The fourth-order valence-electron chi connectivity index (χ4n) is 2.94. The molecule has 0 saturated heterocycles. The normalized spacial score (nSPS) is 10.7. The van der Waals surface area contributed by atoms with E-state index in [1.54, 1.807) is 0 Å². The van der Waals surface area contributed by atoms with Crippen molar-refractivity contribution < 1.29 is 0 Å². The zero-order valence-electron chi connectivity index (χ0n) is 12.4. The standard InChI is InChI=1S/C18H18N2Si/c1-5-21(6-2,17-11-7-15(19-3)8-12-17)18-13-9-16(20-4)10-14-18/h7-14H,5-6H2,1-2H3. The topological polar surface area (TPSA) is 8.72 Å². The Balaban J connectivity index is 2.53. The number of hydrogen-bond donors (Lipinski definition) is 0. The maximum absolute atomic E-state index is 7.08. The Hall–Kier alpha value is -2.36. The van der Waals surface area contributed by atoms with Gasteiger partial charge in [-0.05, 0) is 0 Å². The van der Waals surface area contributed by atoms with Gasteiger partial charge in [0, 0.05) is 0 Å². The molecule has 0 atom stereocenters. The molecular formula is C18H18N2Si. The van der Waals surface area contributed by atoms with Gasteiger partial charge in [0.25, 0.3) is 0 Å². The lowest BCUT2D eigenvalue weighted by Crippen LogP contribution is -2.57. The molecule has 2 rings (SSSR count). The van der Waals surface area contributed by atoms with Crippen LogP contribution in [0.25, 0.3) is 9.69 Å². The van der Waals surface area contributed by atoms with Crippen molar-refractivity contribution in [2.24, 2.45) is 0 Å². The minimum Gasteiger partial charge on any atom is -0.238 e. The summed E-state index contributed by atoms with van der Waals surface area (Å²) in [5.74, 6) is 0. The van der Waals surface area contributed by atoms with E-state index in [4.69, 9.17) is 13.1 Å². The molecule has 0 aliphatic rings. The molecule has 0 spiro atoms. The second-order valence-corrected chi connectivity index (χ2v) is 9.84. The molecule has 2 aromatic rings. The Labute approximate surface area is 127 Å². The lowest BCUT2D eigenvalue weighted by atomic mass is 10.3. The molecule has 0 bridgehead atoms. The van der Waals surface area contributed by atoms with Crippen molar-refractivity contribution >= 4 is 29.8 Å². The van der Waals surface area contributed by atoms with Crippen molar-refractivity contribution in [3.05, 3.63) is 71.4 Å². The van der Waals surface area contributed by atoms with Crippen molar-refractivity contribution in [3.63, 3.8) is 0 Å². The molecule has 0 radical (unpaired) electrons. The largest absolute Gasteiger partial charge is 0.238 e. The van der Waals surface area contributed by atoms with Crippen LogP contribution >= 0.6 is 0 Å². The number of rotatable bonds is 4. The Morgan fingerprint density at radius 3 is 1.29 bits per heavy atom. The van der Waals surface area contributed by atoms with Crippen molar-refractivity contribution in [3.8, 4) is 0 Å². The Morgan fingerprint density at radius 2 is 1.05 bits per heavy atom. The summed E-state index contributed by atoms with van der Waals surface area (Å²) in [4.78, 5) is 6.95. The SMILES string of the molecule is [C-]#[N+]c1ccc([Si](CC)(CC)c2ccc([N+]#[C-])cc2)cc1. The summed E-state index contributed by atoms with van der Waals surface area (Å²) in [5, 5.41) is 2.74. The van der Waals surface area contributed by atoms with E-state index in [1.807, 2.05) is 24.3 Å². The molecule has 2 nitrogen and oxygen atoms in total. The summed E-state index contributed by atoms with van der Waals surface area (Å²) in [6.45, 7) is 18.7. The number of benzene rings is 2. The Kier molecular flexibility index (Phi) is 4.58. The first kappa shape index (κ1) is 15.0. The summed E-state index contributed by atoms with van der Waals surface area (Å²) in [7, 11) is -1.77. The highest BCUT2D eigenvalue weighted by atomic mass is 28.3. The van der Waals surface area contributed by atoms with Gasteiger partial charge in [0.2, 0.25) is 0 Å². The molecule has 0 saturated carbocycles. The predicted molar refractivity (Wildman–Crippen MR) is 91.4 cm³/mol. The van der Waals surface area contributed by atoms with Crippen molar-refractivity contribution in [2.75, 3.05) is 0 Å². The first-order valence-electron chi connectivity index (χ1n) is 7.16. The molecule has 21 heavy (non-hydrogen) atoms. The quantitative estimate of drug-likeness (QED) is 0.583. The number of nitrogens with zero attached hydrogens (tertiary/aromatic N) is 2. The highest BCUT2D eigenvalue weighted by molar-refractivity contribution is 7.02. The molecule has 0 fully saturated rings.